The standard InChI is InChI=1S/C23H35FN2O5S/c1-23(2,3)31-22(28)26-19(14-16-10-12-25(13-11-16)32(4,29)30)8-9-20(26)21(27)17-6-5-7-18(24)15-17/h5-7,15-16,19-21,27H,8-14H2,1-4H3/t19-,20+,21-/m0/s1. The van der Waals surface area contributed by atoms with E-state index in [-0.39, 0.29) is 12.0 Å². The molecule has 3 rings (SSSR count). The summed E-state index contributed by atoms with van der Waals surface area (Å²) in [6.45, 7) is 6.37. The number of carbonyl (C=O) groups is 1. The Morgan fingerprint density at radius 1 is 1.22 bits per heavy atom. The molecule has 180 valence electrons. The number of nitrogens with zero attached hydrogens (tertiary/aromatic N) is 2. The third-order valence-electron chi connectivity index (χ3n) is 6.35. The van der Waals surface area contributed by atoms with Gasteiger partial charge in [0.05, 0.1) is 18.4 Å². The Hall–Kier alpha value is -1.71. The summed E-state index contributed by atoms with van der Waals surface area (Å²) in [7, 11) is -3.19. The number of likely N-dealkylation sites (tertiary alicyclic amines) is 1. The lowest BCUT2D eigenvalue weighted by Gasteiger charge is -2.37. The van der Waals surface area contributed by atoms with E-state index in [9.17, 15) is 22.7 Å². The number of benzene rings is 1. The molecule has 2 fully saturated rings. The van der Waals surface area contributed by atoms with E-state index < -0.39 is 39.7 Å². The van der Waals surface area contributed by atoms with Crippen LogP contribution in [0.4, 0.5) is 9.18 Å². The molecule has 0 radical (unpaired) electrons. The fourth-order valence-electron chi connectivity index (χ4n) is 4.83. The average molecular weight is 471 g/mol. The molecule has 1 aromatic carbocycles. The van der Waals surface area contributed by atoms with Crippen LogP contribution in [-0.2, 0) is 14.8 Å². The topological polar surface area (TPSA) is 87.2 Å². The smallest absolute Gasteiger partial charge is 0.410 e. The van der Waals surface area contributed by atoms with Crippen molar-refractivity contribution in [2.24, 2.45) is 5.92 Å². The molecule has 1 amide bonds. The van der Waals surface area contributed by atoms with Gasteiger partial charge in [0.1, 0.15) is 11.4 Å². The Balaban J connectivity index is 1.76. The molecule has 0 bridgehead atoms. The van der Waals surface area contributed by atoms with Crippen LogP contribution < -0.4 is 0 Å². The second-order valence-electron chi connectivity index (χ2n) is 10.0. The number of halogens is 1. The van der Waals surface area contributed by atoms with Crippen LogP contribution in [0.2, 0.25) is 0 Å². The third-order valence-corrected chi connectivity index (χ3v) is 7.66. The van der Waals surface area contributed by atoms with Gasteiger partial charge < -0.3 is 9.84 Å². The van der Waals surface area contributed by atoms with Crippen LogP contribution in [0, 0.1) is 11.7 Å². The number of hydrogen-bond acceptors (Lipinski definition) is 5. The maximum atomic E-state index is 13.7. The van der Waals surface area contributed by atoms with Gasteiger partial charge in [-0.25, -0.2) is 21.9 Å². The number of ether oxygens (including phenoxy) is 1. The maximum Gasteiger partial charge on any atom is 0.410 e. The summed E-state index contributed by atoms with van der Waals surface area (Å²) in [6.07, 6.45) is 3.23. The van der Waals surface area contributed by atoms with Gasteiger partial charge in [-0.15, -0.1) is 0 Å². The predicted octanol–water partition coefficient (Wildman–Crippen LogP) is 3.69. The molecule has 32 heavy (non-hydrogen) atoms. The van der Waals surface area contributed by atoms with E-state index in [2.05, 4.69) is 0 Å². The van der Waals surface area contributed by atoms with E-state index >= 15 is 0 Å². The van der Waals surface area contributed by atoms with E-state index in [1.165, 1.54) is 22.7 Å². The number of rotatable bonds is 5. The van der Waals surface area contributed by atoms with Gasteiger partial charge in [0.25, 0.3) is 0 Å². The quantitative estimate of drug-likeness (QED) is 0.709. The molecule has 0 spiro atoms. The molecule has 0 saturated carbocycles. The van der Waals surface area contributed by atoms with Crippen molar-refractivity contribution in [3.63, 3.8) is 0 Å². The second kappa shape index (κ2) is 9.65. The average Bonchev–Trinajstić information content (AvgIpc) is 3.09. The molecule has 1 aromatic rings. The molecule has 2 aliphatic rings. The Kier molecular flexibility index (Phi) is 7.51. The molecular weight excluding hydrogens is 435 g/mol. The summed E-state index contributed by atoms with van der Waals surface area (Å²) < 4.78 is 44.5. The number of sulfonamides is 1. The molecule has 7 nitrogen and oxygen atoms in total. The monoisotopic (exact) mass is 470 g/mol. The first-order valence-corrected chi connectivity index (χ1v) is 13.1. The van der Waals surface area contributed by atoms with Crippen molar-refractivity contribution < 1.29 is 27.4 Å². The lowest BCUT2D eigenvalue weighted by atomic mass is 9.90. The highest BCUT2D eigenvalue weighted by Gasteiger charge is 2.44. The zero-order valence-electron chi connectivity index (χ0n) is 19.3. The Labute approximate surface area is 190 Å². The van der Waals surface area contributed by atoms with Crippen molar-refractivity contribution in [1.82, 2.24) is 9.21 Å². The Bertz CT molecular complexity index is 909. The predicted molar refractivity (Wildman–Crippen MR) is 120 cm³/mol. The Morgan fingerprint density at radius 2 is 1.88 bits per heavy atom. The van der Waals surface area contributed by atoms with Crippen molar-refractivity contribution in [2.75, 3.05) is 19.3 Å². The summed E-state index contributed by atoms with van der Waals surface area (Å²) in [6, 6.07) is 5.21. The van der Waals surface area contributed by atoms with Crippen LogP contribution in [0.15, 0.2) is 24.3 Å². The van der Waals surface area contributed by atoms with Crippen LogP contribution in [0.25, 0.3) is 0 Å². The first-order valence-electron chi connectivity index (χ1n) is 11.2. The maximum absolute atomic E-state index is 13.7. The van der Waals surface area contributed by atoms with E-state index in [0.717, 1.165) is 19.3 Å². The van der Waals surface area contributed by atoms with Gasteiger partial charge >= 0.3 is 6.09 Å². The summed E-state index contributed by atoms with van der Waals surface area (Å²) in [5.41, 5.74) is -0.245. The van der Waals surface area contributed by atoms with Crippen LogP contribution in [-0.4, -0.2) is 65.9 Å². The van der Waals surface area contributed by atoms with Gasteiger partial charge in [0.2, 0.25) is 10.0 Å². The Morgan fingerprint density at radius 3 is 2.44 bits per heavy atom. The van der Waals surface area contributed by atoms with Gasteiger partial charge in [-0.1, -0.05) is 12.1 Å². The molecule has 9 heteroatoms. The SMILES string of the molecule is CC(C)(C)OC(=O)N1[C@H](CC2CCN(S(C)(=O)=O)CC2)CC[C@@H]1[C@@H](O)c1cccc(F)c1. The summed E-state index contributed by atoms with van der Waals surface area (Å²) >= 11 is 0. The first kappa shape index (κ1) is 24.9. The molecule has 0 unspecified atom stereocenters. The lowest BCUT2D eigenvalue weighted by molar-refractivity contribution is -0.00747. The zero-order valence-corrected chi connectivity index (χ0v) is 20.1. The second-order valence-corrected chi connectivity index (χ2v) is 12.0. The van der Waals surface area contributed by atoms with Gasteiger partial charge in [-0.2, -0.15) is 0 Å². The largest absolute Gasteiger partial charge is 0.444 e. The van der Waals surface area contributed by atoms with E-state index in [1.807, 2.05) is 0 Å². The summed E-state index contributed by atoms with van der Waals surface area (Å²) in [5, 5.41) is 11.0. The third kappa shape index (κ3) is 6.20. The van der Waals surface area contributed by atoms with E-state index in [4.69, 9.17) is 4.74 Å². The summed E-state index contributed by atoms with van der Waals surface area (Å²) in [4.78, 5) is 14.8. The molecule has 1 N–H and O–H groups in total. The zero-order chi connectivity index (χ0) is 23.7. The van der Waals surface area contributed by atoms with Crippen LogP contribution in [0.5, 0.6) is 0 Å². The molecule has 2 aliphatic heterocycles. The van der Waals surface area contributed by atoms with E-state index in [0.29, 0.717) is 31.5 Å². The normalized spacial score (nSPS) is 24.5. The molecule has 3 atom stereocenters. The number of carbonyl (C=O) groups excluding carboxylic acids is 1. The van der Waals surface area contributed by atoms with Crippen molar-refractivity contribution in [3.05, 3.63) is 35.6 Å². The fourth-order valence-corrected chi connectivity index (χ4v) is 5.70. The van der Waals surface area contributed by atoms with E-state index in [1.54, 1.807) is 37.8 Å². The molecule has 2 saturated heterocycles. The van der Waals surface area contributed by atoms with Crippen molar-refractivity contribution >= 4 is 16.1 Å². The van der Waals surface area contributed by atoms with Crippen molar-refractivity contribution in [2.45, 2.75) is 76.7 Å². The molecular formula is C23H35FN2O5S. The first-order chi connectivity index (χ1) is 14.8. The number of aliphatic hydroxyl groups is 1. The number of amides is 1. The van der Waals surface area contributed by atoms with Crippen LogP contribution in [0.1, 0.15) is 64.5 Å². The molecule has 0 aromatic heterocycles. The number of piperidine rings is 1. The number of aliphatic hydroxyl groups excluding tert-OH is 1. The minimum absolute atomic E-state index is 0.118. The number of hydrogen-bond donors (Lipinski definition) is 1. The van der Waals surface area contributed by atoms with Gasteiger partial charge in [-0.3, -0.25) is 4.90 Å². The van der Waals surface area contributed by atoms with Crippen molar-refractivity contribution in [1.29, 1.82) is 0 Å². The highest BCUT2D eigenvalue weighted by atomic mass is 32.2. The molecule has 0 aliphatic carbocycles. The minimum Gasteiger partial charge on any atom is -0.444 e. The highest BCUT2D eigenvalue weighted by molar-refractivity contribution is 7.88. The lowest BCUT2D eigenvalue weighted by Crippen LogP contribution is -2.47. The van der Waals surface area contributed by atoms with Crippen LogP contribution >= 0.6 is 0 Å². The van der Waals surface area contributed by atoms with Gasteiger partial charge in [0, 0.05) is 19.1 Å². The van der Waals surface area contributed by atoms with Gasteiger partial charge in [0.15, 0.2) is 0 Å². The van der Waals surface area contributed by atoms with Crippen molar-refractivity contribution in [3.8, 4) is 0 Å². The fraction of sp³-hybridized carbons (Fsp3) is 0.696. The minimum atomic E-state index is -3.19. The molecule has 2 heterocycles. The van der Waals surface area contributed by atoms with Gasteiger partial charge in [-0.05, 0) is 76.5 Å². The summed E-state index contributed by atoms with van der Waals surface area (Å²) in [5.74, 6) is -0.148. The van der Waals surface area contributed by atoms with Crippen LogP contribution in [0.3, 0.4) is 0 Å². The highest BCUT2D eigenvalue weighted by Crippen LogP contribution is 2.38.